The van der Waals surface area contributed by atoms with Crippen molar-refractivity contribution in [2.45, 2.75) is 18.1 Å². The summed E-state index contributed by atoms with van der Waals surface area (Å²) in [4.78, 5) is 25.9. The average molecular weight is 412 g/mol. The van der Waals surface area contributed by atoms with Crippen LogP contribution in [0, 0.1) is 10.1 Å². The molecular weight excluding hydrogens is 396 g/mol. The van der Waals surface area contributed by atoms with E-state index in [1.807, 2.05) is 25.1 Å². The lowest BCUT2D eigenvalue weighted by molar-refractivity contribution is -0.384. The monoisotopic (exact) mass is 412 g/mol. The van der Waals surface area contributed by atoms with Crippen LogP contribution in [0.15, 0.2) is 41.6 Å². The van der Waals surface area contributed by atoms with Crippen LogP contribution in [0.3, 0.4) is 0 Å². The number of H-pyrrole nitrogens is 1. The Labute approximate surface area is 168 Å². The van der Waals surface area contributed by atoms with Crippen molar-refractivity contribution in [3.05, 3.63) is 52.1 Å². The second-order valence-corrected chi connectivity index (χ2v) is 7.41. The van der Waals surface area contributed by atoms with Crippen LogP contribution in [0.5, 0.6) is 0 Å². The van der Waals surface area contributed by atoms with E-state index in [1.54, 1.807) is 6.07 Å². The molecule has 0 aliphatic carbocycles. The number of nitrogens with one attached hydrogen (secondary N) is 3. The van der Waals surface area contributed by atoms with Crippen molar-refractivity contribution in [2.24, 2.45) is 0 Å². The first kappa shape index (κ1) is 18.9. The van der Waals surface area contributed by atoms with Gasteiger partial charge in [0, 0.05) is 17.7 Å². The number of aromatic amines is 1. The molecule has 0 radical (unpaired) electrons. The van der Waals surface area contributed by atoms with Crippen LogP contribution in [0.25, 0.3) is 22.5 Å². The van der Waals surface area contributed by atoms with Gasteiger partial charge in [0.05, 0.1) is 22.4 Å². The van der Waals surface area contributed by atoms with Gasteiger partial charge < -0.3 is 10.5 Å². The first-order valence-corrected chi connectivity index (χ1v) is 9.62. The number of thioether (sulfide) groups is 1. The fraction of sp³-hybridized carbons (Fsp3) is 0.167. The van der Waals surface area contributed by atoms with Crippen molar-refractivity contribution >= 4 is 29.1 Å². The molecule has 11 heteroatoms. The van der Waals surface area contributed by atoms with Gasteiger partial charge in [0.1, 0.15) is 0 Å². The zero-order valence-corrected chi connectivity index (χ0v) is 16.0. The van der Waals surface area contributed by atoms with E-state index in [0.29, 0.717) is 17.0 Å². The number of fused-ring (bicyclic) bond motifs is 1. The van der Waals surface area contributed by atoms with Crippen LogP contribution < -0.4 is 10.9 Å². The quantitative estimate of drug-likeness (QED) is 0.272. The van der Waals surface area contributed by atoms with Crippen LogP contribution in [-0.4, -0.2) is 36.9 Å². The molecule has 0 amide bonds. The number of hydrogen-bond donors (Lipinski definition) is 4. The van der Waals surface area contributed by atoms with Gasteiger partial charge in [-0.25, -0.2) is 10.4 Å². The molecule has 1 aliphatic rings. The maximum Gasteiger partial charge on any atom is 0.313 e. The number of rotatable bonds is 6. The Morgan fingerprint density at radius 3 is 2.79 bits per heavy atom. The Morgan fingerprint density at radius 2 is 2.03 bits per heavy atom. The number of carbonyl (C=O) groups is 1. The van der Waals surface area contributed by atoms with Crippen molar-refractivity contribution in [1.82, 2.24) is 20.6 Å². The van der Waals surface area contributed by atoms with Crippen molar-refractivity contribution < 1.29 is 14.8 Å². The van der Waals surface area contributed by atoms with E-state index in [4.69, 9.17) is 5.11 Å². The Kier molecular flexibility index (Phi) is 4.91. The molecule has 1 atom stereocenters. The van der Waals surface area contributed by atoms with Gasteiger partial charge in [-0.3, -0.25) is 20.0 Å². The molecule has 2 aromatic carbocycles. The Balaban J connectivity index is 1.72. The topological polar surface area (TPSA) is 146 Å². The first-order valence-electron chi connectivity index (χ1n) is 8.63. The first-order chi connectivity index (χ1) is 13.9. The molecule has 0 saturated heterocycles. The molecule has 0 fully saturated rings. The van der Waals surface area contributed by atoms with Crippen molar-refractivity contribution in [3.63, 3.8) is 0 Å². The van der Waals surface area contributed by atoms with Gasteiger partial charge in [0.25, 0.3) is 5.69 Å². The molecule has 4 rings (SSSR count). The normalized spacial score (nSPS) is 15.0. The van der Waals surface area contributed by atoms with E-state index in [-0.39, 0.29) is 22.6 Å². The average Bonchev–Trinajstić information content (AvgIpc) is 3.33. The number of nitrogens with zero attached hydrogens (tertiary/aromatic N) is 3. The van der Waals surface area contributed by atoms with Gasteiger partial charge in [-0.2, -0.15) is 0 Å². The van der Waals surface area contributed by atoms with Crippen LogP contribution in [-0.2, 0) is 4.79 Å². The molecule has 0 saturated carbocycles. The van der Waals surface area contributed by atoms with Gasteiger partial charge in [-0.05, 0) is 35.7 Å². The van der Waals surface area contributed by atoms with Gasteiger partial charge >= 0.3 is 5.97 Å². The summed E-state index contributed by atoms with van der Waals surface area (Å²) in [6, 6.07) is 10.7. The number of anilines is 1. The van der Waals surface area contributed by atoms with E-state index in [1.165, 1.54) is 12.1 Å². The number of aromatic nitrogens is 3. The lowest BCUT2D eigenvalue weighted by Crippen LogP contribution is -2.15. The van der Waals surface area contributed by atoms with E-state index in [9.17, 15) is 14.9 Å². The predicted octanol–water partition coefficient (Wildman–Crippen LogP) is 3.21. The van der Waals surface area contributed by atoms with Gasteiger partial charge in [0.2, 0.25) is 5.16 Å². The Hall–Kier alpha value is -3.44. The highest BCUT2D eigenvalue weighted by atomic mass is 32.2. The Morgan fingerprint density at radius 1 is 1.24 bits per heavy atom. The molecule has 3 aromatic rings. The molecule has 0 spiro atoms. The SMILES string of the molecule is CC1NNc2cc(-c3cc(-c4nc(SCC(=O)O)n[nH]4)cc([N+](=O)[O-])c3)ccc21. The molecule has 2 heterocycles. The maximum atomic E-state index is 11.4. The molecule has 10 nitrogen and oxygen atoms in total. The molecule has 1 aromatic heterocycles. The second kappa shape index (κ2) is 7.53. The zero-order valence-electron chi connectivity index (χ0n) is 15.2. The van der Waals surface area contributed by atoms with Crippen molar-refractivity contribution in [2.75, 3.05) is 11.2 Å². The fourth-order valence-electron chi connectivity index (χ4n) is 3.07. The largest absolute Gasteiger partial charge is 0.481 e. The lowest BCUT2D eigenvalue weighted by atomic mass is 9.98. The molecular formula is C18H16N6O4S. The van der Waals surface area contributed by atoms with Gasteiger partial charge in [-0.15, -0.1) is 5.10 Å². The number of hydrazine groups is 1. The summed E-state index contributed by atoms with van der Waals surface area (Å²) in [5.41, 5.74) is 10.2. The van der Waals surface area contributed by atoms with Crippen LogP contribution in [0.1, 0.15) is 18.5 Å². The third-order valence-corrected chi connectivity index (χ3v) is 5.30. The minimum atomic E-state index is -0.979. The van der Waals surface area contributed by atoms with Crippen molar-refractivity contribution in [3.8, 4) is 22.5 Å². The summed E-state index contributed by atoms with van der Waals surface area (Å²) in [5, 5.41) is 27.2. The number of carboxylic acids is 1. The van der Waals surface area contributed by atoms with E-state index in [0.717, 1.165) is 28.6 Å². The number of benzene rings is 2. The lowest BCUT2D eigenvalue weighted by Gasteiger charge is -2.07. The number of nitro benzene ring substituents is 1. The third-order valence-electron chi connectivity index (χ3n) is 4.47. The summed E-state index contributed by atoms with van der Waals surface area (Å²) in [5.74, 6) is -0.822. The summed E-state index contributed by atoms with van der Waals surface area (Å²) in [7, 11) is 0. The van der Waals surface area contributed by atoms with Gasteiger partial charge in [0.15, 0.2) is 5.82 Å². The van der Waals surface area contributed by atoms with E-state index >= 15 is 0 Å². The fourth-order valence-corrected chi connectivity index (χ4v) is 3.59. The molecule has 4 N–H and O–H groups in total. The Bertz CT molecular complexity index is 1120. The smallest absolute Gasteiger partial charge is 0.313 e. The minimum Gasteiger partial charge on any atom is -0.481 e. The summed E-state index contributed by atoms with van der Waals surface area (Å²) in [6.07, 6.45) is 0. The summed E-state index contributed by atoms with van der Waals surface area (Å²) >= 11 is 0.967. The van der Waals surface area contributed by atoms with Crippen molar-refractivity contribution in [1.29, 1.82) is 0 Å². The molecule has 1 aliphatic heterocycles. The maximum absolute atomic E-state index is 11.4. The number of carboxylic acid groups (broad SMARTS) is 1. The molecule has 1 unspecified atom stereocenters. The molecule has 29 heavy (non-hydrogen) atoms. The minimum absolute atomic E-state index is 0.0754. The third kappa shape index (κ3) is 3.91. The standard InChI is InChI=1S/C18H16N6O4S/c1-9-14-3-2-10(7-15(14)21-20-9)11-4-12(6-13(5-11)24(27)28)17-19-18(23-22-17)29-8-16(25)26/h2-7,9,20-21H,8H2,1H3,(H,25,26)(H,19,22,23). The predicted molar refractivity (Wildman–Crippen MR) is 107 cm³/mol. The van der Waals surface area contributed by atoms with Gasteiger partial charge in [-0.1, -0.05) is 23.9 Å². The number of aliphatic carboxylic acids is 1. The van der Waals surface area contributed by atoms with E-state index in [2.05, 4.69) is 26.0 Å². The highest BCUT2D eigenvalue weighted by Gasteiger charge is 2.19. The van der Waals surface area contributed by atoms with Crippen LogP contribution in [0.2, 0.25) is 0 Å². The summed E-state index contributed by atoms with van der Waals surface area (Å²) < 4.78 is 0. The molecule has 148 valence electrons. The number of non-ortho nitro benzene ring substituents is 1. The summed E-state index contributed by atoms with van der Waals surface area (Å²) in [6.45, 7) is 2.04. The number of nitro groups is 1. The van der Waals surface area contributed by atoms with E-state index < -0.39 is 10.9 Å². The second-order valence-electron chi connectivity index (χ2n) is 6.47. The highest BCUT2D eigenvalue weighted by Crippen LogP contribution is 2.35. The molecule has 0 bridgehead atoms. The number of hydrogen-bond acceptors (Lipinski definition) is 8. The van der Waals surface area contributed by atoms with Crippen LogP contribution in [0.4, 0.5) is 11.4 Å². The zero-order chi connectivity index (χ0) is 20.5. The highest BCUT2D eigenvalue weighted by molar-refractivity contribution is 7.99. The van der Waals surface area contributed by atoms with Crippen LogP contribution >= 0.6 is 11.8 Å².